The number of nitrogens with two attached hydrogens (primary N) is 1. The Balaban J connectivity index is 2.11. The molecule has 0 bridgehead atoms. The fraction of sp³-hybridized carbons (Fsp3) is 0.182. The van der Waals surface area contributed by atoms with Crippen LogP contribution in [0.25, 0.3) is 16.3 Å². The molecule has 5 nitrogen and oxygen atoms in total. The van der Waals surface area contributed by atoms with Crippen LogP contribution in [0.4, 0.5) is 0 Å². The number of benzene rings is 1. The minimum absolute atomic E-state index is 0.602. The summed E-state index contributed by atoms with van der Waals surface area (Å²) in [6.07, 6.45) is 0.780. The molecule has 0 atom stereocenters. The van der Waals surface area contributed by atoms with Crippen LogP contribution in [0.2, 0.25) is 0 Å². The van der Waals surface area contributed by atoms with Gasteiger partial charge < -0.3 is 5.73 Å². The molecule has 86 valence electrons. The zero-order chi connectivity index (χ0) is 11.7. The van der Waals surface area contributed by atoms with Crippen molar-refractivity contribution in [1.29, 1.82) is 0 Å². The molecule has 2 aromatic heterocycles. The Morgan fingerprint density at radius 3 is 2.76 bits per heavy atom. The summed E-state index contributed by atoms with van der Waals surface area (Å²) in [4.78, 5) is 0.812. The first-order valence-corrected chi connectivity index (χ1v) is 6.17. The van der Waals surface area contributed by atoms with Crippen molar-refractivity contribution >= 4 is 16.3 Å². The van der Waals surface area contributed by atoms with Gasteiger partial charge in [0.2, 0.25) is 4.96 Å². The van der Waals surface area contributed by atoms with E-state index in [4.69, 9.17) is 5.73 Å². The standard InChI is InChI=1S/C11H11N5S/c12-7-6-9-15-16-10(13-14-11(16)17-9)8-4-2-1-3-5-8/h1-5H,6-7,12H2. The Bertz CT molecular complexity index is 628. The first kappa shape index (κ1) is 10.4. The predicted octanol–water partition coefficient (Wildman–Crippen LogP) is 1.35. The van der Waals surface area contributed by atoms with Crippen LogP contribution in [-0.4, -0.2) is 26.4 Å². The van der Waals surface area contributed by atoms with Crippen LogP contribution in [0.15, 0.2) is 30.3 Å². The molecule has 0 aliphatic rings. The molecule has 0 amide bonds. The topological polar surface area (TPSA) is 69.1 Å². The van der Waals surface area contributed by atoms with Gasteiger partial charge in [-0.1, -0.05) is 41.7 Å². The van der Waals surface area contributed by atoms with E-state index in [1.165, 1.54) is 11.3 Å². The van der Waals surface area contributed by atoms with E-state index in [1.54, 1.807) is 4.52 Å². The first-order valence-electron chi connectivity index (χ1n) is 5.35. The Labute approximate surface area is 102 Å². The molecule has 0 saturated carbocycles. The van der Waals surface area contributed by atoms with Crippen molar-refractivity contribution in [2.24, 2.45) is 5.73 Å². The molecule has 0 unspecified atom stereocenters. The van der Waals surface area contributed by atoms with Crippen molar-refractivity contribution in [3.8, 4) is 11.4 Å². The smallest absolute Gasteiger partial charge is 0.234 e. The zero-order valence-corrected chi connectivity index (χ0v) is 9.89. The van der Waals surface area contributed by atoms with Crippen LogP contribution in [0.3, 0.4) is 0 Å². The molecular formula is C11H11N5S. The molecule has 0 aliphatic carbocycles. The van der Waals surface area contributed by atoms with Gasteiger partial charge in [0.15, 0.2) is 5.82 Å². The zero-order valence-electron chi connectivity index (χ0n) is 9.08. The van der Waals surface area contributed by atoms with Crippen LogP contribution in [0, 0.1) is 0 Å². The highest BCUT2D eigenvalue weighted by atomic mass is 32.1. The predicted molar refractivity (Wildman–Crippen MR) is 66.9 cm³/mol. The third kappa shape index (κ3) is 1.81. The Morgan fingerprint density at radius 1 is 1.18 bits per heavy atom. The van der Waals surface area contributed by atoms with Crippen molar-refractivity contribution < 1.29 is 0 Å². The lowest BCUT2D eigenvalue weighted by Crippen LogP contribution is -2.03. The van der Waals surface area contributed by atoms with Crippen LogP contribution >= 0.6 is 11.3 Å². The summed E-state index contributed by atoms with van der Waals surface area (Å²) < 4.78 is 1.78. The van der Waals surface area contributed by atoms with E-state index in [0.717, 1.165) is 27.8 Å². The maximum atomic E-state index is 5.52. The van der Waals surface area contributed by atoms with Gasteiger partial charge in [-0.2, -0.15) is 9.61 Å². The van der Waals surface area contributed by atoms with Crippen molar-refractivity contribution in [3.63, 3.8) is 0 Å². The van der Waals surface area contributed by atoms with E-state index >= 15 is 0 Å². The fourth-order valence-electron chi connectivity index (χ4n) is 1.65. The van der Waals surface area contributed by atoms with Gasteiger partial charge in [0.05, 0.1) is 0 Å². The van der Waals surface area contributed by atoms with Gasteiger partial charge in [0.1, 0.15) is 5.01 Å². The van der Waals surface area contributed by atoms with Gasteiger partial charge >= 0.3 is 0 Å². The van der Waals surface area contributed by atoms with Crippen molar-refractivity contribution in [2.45, 2.75) is 6.42 Å². The highest BCUT2D eigenvalue weighted by molar-refractivity contribution is 7.16. The maximum Gasteiger partial charge on any atom is 0.234 e. The van der Waals surface area contributed by atoms with Crippen LogP contribution in [0.5, 0.6) is 0 Å². The number of nitrogens with zero attached hydrogens (tertiary/aromatic N) is 4. The second-order valence-electron chi connectivity index (χ2n) is 3.62. The molecule has 6 heteroatoms. The first-order chi connectivity index (χ1) is 8.38. The molecule has 0 radical (unpaired) electrons. The summed E-state index contributed by atoms with van der Waals surface area (Å²) in [6, 6.07) is 9.92. The molecule has 0 fully saturated rings. The van der Waals surface area contributed by atoms with Crippen LogP contribution < -0.4 is 5.73 Å². The lowest BCUT2D eigenvalue weighted by Gasteiger charge is -1.95. The van der Waals surface area contributed by atoms with E-state index in [0.29, 0.717) is 6.54 Å². The molecule has 0 saturated heterocycles. The van der Waals surface area contributed by atoms with Gasteiger partial charge in [-0.05, 0) is 6.54 Å². The normalized spacial score (nSPS) is 11.1. The van der Waals surface area contributed by atoms with Crippen LogP contribution in [0.1, 0.15) is 5.01 Å². The van der Waals surface area contributed by atoms with Crippen molar-refractivity contribution in [2.75, 3.05) is 6.54 Å². The summed E-state index contributed by atoms with van der Waals surface area (Å²) in [6.45, 7) is 0.602. The average molecular weight is 245 g/mol. The van der Waals surface area contributed by atoms with E-state index in [2.05, 4.69) is 15.3 Å². The van der Waals surface area contributed by atoms with E-state index < -0.39 is 0 Å². The Morgan fingerprint density at radius 2 is 2.00 bits per heavy atom. The summed E-state index contributed by atoms with van der Waals surface area (Å²) in [7, 11) is 0. The lowest BCUT2D eigenvalue weighted by atomic mass is 10.2. The summed E-state index contributed by atoms with van der Waals surface area (Å²) in [5.41, 5.74) is 6.54. The lowest BCUT2D eigenvalue weighted by molar-refractivity contribution is 0.871. The largest absolute Gasteiger partial charge is 0.330 e. The molecule has 2 heterocycles. The monoisotopic (exact) mass is 245 g/mol. The Kier molecular flexibility index (Phi) is 2.58. The molecule has 3 rings (SSSR count). The third-order valence-electron chi connectivity index (χ3n) is 2.42. The molecule has 3 aromatic rings. The van der Waals surface area contributed by atoms with E-state index in [-0.39, 0.29) is 0 Å². The highest BCUT2D eigenvalue weighted by Gasteiger charge is 2.12. The average Bonchev–Trinajstić information content (AvgIpc) is 2.90. The highest BCUT2D eigenvalue weighted by Crippen LogP contribution is 2.21. The second-order valence-corrected chi connectivity index (χ2v) is 4.66. The van der Waals surface area contributed by atoms with Crippen LogP contribution in [-0.2, 0) is 6.42 Å². The molecule has 17 heavy (non-hydrogen) atoms. The number of fused-ring (bicyclic) bond motifs is 1. The molecular weight excluding hydrogens is 234 g/mol. The third-order valence-corrected chi connectivity index (χ3v) is 3.38. The Hall–Kier alpha value is -1.79. The van der Waals surface area contributed by atoms with Gasteiger partial charge in [-0.15, -0.1) is 10.2 Å². The van der Waals surface area contributed by atoms with E-state index in [1.807, 2.05) is 30.3 Å². The maximum absolute atomic E-state index is 5.52. The fourth-order valence-corrected chi connectivity index (χ4v) is 2.50. The van der Waals surface area contributed by atoms with Crippen molar-refractivity contribution in [3.05, 3.63) is 35.3 Å². The number of rotatable bonds is 3. The van der Waals surface area contributed by atoms with Crippen molar-refractivity contribution in [1.82, 2.24) is 19.8 Å². The van der Waals surface area contributed by atoms with Gasteiger partial charge in [-0.25, -0.2) is 0 Å². The molecule has 0 aliphatic heterocycles. The summed E-state index contributed by atoms with van der Waals surface area (Å²) in [5.74, 6) is 0.778. The van der Waals surface area contributed by atoms with Gasteiger partial charge in [0.25, 0.3) is 0 Å². The summed E-state index contributed by atoms with van der Waals surface area (Å²) >= 11 is 1.54. The SMILES string of the molecule is NCCc1nn2c(-c3ccccc3)nnc2s1. The number of aromatic nitrogens is 4. The number of hydrogen-bond acceptors (Lipinski definition) is 5. The second kappa shape index (κ2) is 4.23. The van der Waals surface area contributed by atoms with Gasteiger partial charge in [0, 0.05) is 12.0 Å². The molecule has 1 aromatic carbocycles. The summed E-state index contributed by atoms with van der Waals surface area (Å²) in [5, 5.41) is 13.7. The molecule has 2 N–H and O–H groups in total. The minimum Gasteiger partial charge on any atom is -0.330 e. The quantitative estimate of drug-likeness (QED) is 0.756. The van der Waals surface area contributed by atoms with E-state index in [9.17, 15) is 0 Å². The molecule has 0 spiro atoms. The number of hydrogen-bond donors (Lipinski definition) is 1. The minimum atomic E-state index is 0.602. The van der Waals surface area contributed by atoms with Gasteiger partial charge in [-0.3, -0.25) is 0 Å².